The molecule has 1 amide bonds. The van der Waals surface area contributed by atoms with Gasteiger partial charge in [-0.05, 0) is 19.9 Å². The highest BCUT2D eigenvalue weighted by molar-refractivity contribution is 8.00. The molecule has 0 radical (unpaired) electrons. The molecule has 0 aromatic carbocycles. The Balaban J connectivity index is 2.03. The summed E-state index contributed by atoms with van der Waals surface area (Å²) in [5.41, 5.74) is -0.151. The molecular formula is C12H22N2OS. The minimum atomic E-state index is -0.151. The van der Waals surface area contributed by atoms with E-state index in [1.165, 1.54) is 0 Å². The Bertz CT molecular complexity index is 266. The molecule has 3 atom stereocenters. The summed E-state index contributed by atoms with van der Waals surface area (Å²) >= 11 is 1.99. The second-order valence-corrected chi connectivity index (χ2v) is 7.34. The summed E-state index contributed by atoms with van der Waals surface area (Å²) in [6.07, 6.45) is 0.984. The molecule has 2 aliphatic heterocycles. The van der Waals surface area contributed by atoms with E-state index < -0.39 is 0 Å². The van der Waals surface area contributed by atoms with E-state index in [4.69, 9.17) is 0 Å². The Morgan fingerprint density at radius 1 is 1.38 bits per heavy atom. The number of hydrogen-bond acceptors (Lipinski definition) is 3. The summed E-state index contributed by atoms with van der Waals surface area (Å²) in [4.78, 5) is 14.6. The van der Waals surface area contributed by atoms with Crippen LogP contribution in [0, 0.1) is 5.41 Å². The van der Waals surface area contributed by atoms with Gasteiger partial charge < -0.3 is 10.2 Å². The van der Waals surface area contributed by atoms with Crippen molar-refractivity contribution < 1.29 is 4.79 Å². The standard InChI is InChI=1S/C12H22N2OS/c1-9-6-14(7-10(2)16-9)11(15)12(3)4-5-13-8-12/h9-10,13H,4-8H2,1-3H3. The number of thioether (sulfide) groups is 1. The Morgan fingerprint density at radius 3 is 2.50 bits per heavy atom. The van der Waals surface area contributed by atoms with Gasteiger partial charge in [0.2, 0.25) is 5.91 Å². The predicted molar refractivity (Wildman–Crippen MR) is 68.7 cm³/mol. The van der Waals surface area contributed by atoms with Gasteiger partial charge in [0, 0.05) is 30.1 Å². The van der Waals surface area contributed by atoms with E-state index in [0.29, 0.717) is 16.4 Å². The van der Waals surface area contributed by atoms with E-state index in [-0.39, 0.29) is 5.41 Å². The quantitative estimate of drug-likeness (QED) is 0.753. The largest absolute Gasteiger partial charge is 0.340 e. The molecule has 0 aromatic heterocycles. The van der Waals surface area contributed by atoms with Gasteiger partial charge in [0.25, 0.3) is 0 Å². The van der Waals surface area contributed by atoms with Crippen molar-refractivity contribution in [2.75, 3.05) is 26.2 Å². The zero-order valence-corrected chi connectivity index (χ0v) is 11.3. The lowest BCUT2D eigenvalue weighted by atomic mass is 9.88. The average molecular weight is 242 g/mol. The Morgan fingerprint density at radius 2 is 2.00 bits per heavy atom. The molecule has 3 nitrogen and oxygen atoms in total. The first kappa shape index (κ1) is 12.2. The van der Waals surface area contributed by atoms with E-state index in [2.05, 4.69) is 31.0 Å². The van der Waals surface area contributed by atoms with Crippen LogP contribution in [0.15, 0.2) is 0 Å². The molecule has 4 heteroatoms. The van der Waals surface area contributed by atoms with E-state index in [1.54, 1.807) is 0 Å². The molecule has 3 unspecified atom stereocenters. The van der Waals surface area contributed by atoms with Gasteiger partial charge in [0.1, 0.15) is 0 Å². The number of carbonyl (C=O) groups is 1. The van der Waals surface area contributed by atoms with Crippen molar-refractivity contribution in [3.05, 3.63) is 0 Å². The van der Waals surface area contributed by atoms with Crippen LogP contribution >= 0.6 is 11.8 Å². The first-order valence-electron chi connectivity index (χ1n) is 6.17. The molecular weight excluding hydrogens is 220 g/mol. The van der Waals surface area contributed by atoms with E-state index in [1.807, 2.05) is 11.8 Å². The highest BCUT2D eigenvalue weighted by Crippen LogP contribution is 2.31. The van der Waals surface area contributed by atoms with Crippen molar-refractivity contribution in [2.24, 2.45) is 5.41 Å². The molecule has 0 saturated carbocycles. The highest BCUT2D eigenvalue weighted by Gasteiger charge is 2.40. The van der Waals surface area contributed by atoms with Crippen LogP contribution in [-0.4, -0.2) is 47.5 Å². The van der Waals surface area contributed by atoms with Crippen molar-refractivity contribution in [1.29, 1.82) is 0 Å². The topological polar surface area (TPSA) is 32.3 Å². The zero-order chi connectivity index (χ0) is 11.8. The first-order valence-corrected chi connectivity index (χ1v) is 7.11. The third kappa shape index (κ3) is 2.38. The van der Waals surface area contributed by atoms with Crippen molar-refractivity contribution in [1.82, 2.24) is 10.2 Å². The number of amides is 1. The Labute approximate surface area is 102 Å². The van der Waals surface area contributed by atoms with Gasteiger partial charge in [0.05, 0.1) is 5.41 Å². The summed E-state index contributed by atoms with van der Waals surface area (Å²) in [6, 6.07) is 0. The van der Waals surface area contributed by atoms with Crippen molar-refractivity contribution >= 4 is 17.7 Å². The van der Waals surface area contributed by atoms with Gasteiger partial charge in [0.15, 0.2) is 0 Å². The Hall–Kier alpha value is -0.220. The zero-order valence-electron chi connectivity index (χ0n) is 10.5. The van der Waals surface area contributed by atoms with Crippen LogP contribution in [0.4, 0.5) is 0 Å². The molecule has 0 spiro atoms. The van der Waals surface area contributed by atoms with Gasteiger partial charge >= 0.3 is 0 Å². The van der Waals surface area contributed by atoms with Crippen molar-refractivity contribution in [3.63, 3.8) is 0 Å². The van der Waals surface area contributed by atoms with Crippen molar-refractivity contribution in [3.8, 4) is 0 Å². The van der Waals surface area contributed by atoms with Gasteiger partial charge in [-0.25, -0.2) is 0 Å². The molecule has 2 saturated heterocycles. The van der Waals surface area contributed by atoms with E-state index >= 15 is 0 Å². The molecule has 2 aliphatic rings. The van der Waals surface area contributed by atoms with Crippen LogP contribution in [0.25, 0.3) is 0 Å². The molecule has 2 rings (SSSR count). The fourth-order valence-electron chi connectivity index (χ4n) is 2.72. The maximum Gasteiger partial charge on any atom is 0.229 e. The van der Waals surface area contributed by atoms with Gasteiger partial charge in [-0.3, -0.25) is 4.79 Å². The van der Waals surface area contributed by atoms with Crippen LogP contribution in [0.1, 0.15) is 27.2 Å². The molecule has 0 aliphatic carbocycles. The number of nitrogens with zero attached hydrogens (tertiary/aromatic N) is 1. The molecule has 2 fully saturated rings. The lowest BCUT2D eigenvalue weighted by Crippen LogP contribution is -2.50. The second kappa shape index (κ2) is 4.57. The summed E-state index contributed by atoms with van der Waals surface area (Å²) in [5, 5.41) is 4.45. The number of nitrogens with one attached hydrogen (secondary N) is 1. The maximum atomic E-state index is 12.5. The summed E-state index contributed by atoms with van der Waals surface area (Å²) in [7, 11) is 0. The number of carbonyl (C=O) groups excluding carboxylic acids is 1. The molecule has 2 heterocycles. The smallest absolute Gasteiger partial charge is 0.229 e. The molecule has 92 valence electrons. The van der Waals surface area contributed by atoms with Crippen LogP contribution in [0.2, 0.25) is 0 Å². The van der Waals surface area contributed by atoms with Gasteiger partial charge in [-0.1, -0.05) is 13.8 Å². The van der Waals surface area contributed by atoms with Gasteiger partial charge in [-0.15, -0.1) is 0 Å². The lowest BCUT2D eigenvalue weighted by Gasteiger charge is -2.38. The second-order valence-electron chi connectivity index (χ2n) is 5.45. The normalized spacial score (nSPS) is 40.1. The summed E-state index contributed by atoms with van der Waals surface area (Å²) in [5.74, 6) is 0.358. The van der Waals surface area contributed by atoms with E-state index in [0.717, 1.165) is 32.6 Å². The van der Waals surface area contributed by atoms with Crippen LogP contribution < -0.4 is 5.32 Å². The molecule has 1 N–H and O–H groups in total. The summed E-state index contributed by atoms with van der Waals surface area (Å²) < 4.78 is 0. The number of rotatable bonds is 1. The minimum Gasteiger partial charge on any atom is -0.340 e. The first-order chi connectivity index (χ1) is 7.51. The molecule has 0 aromatic rings. The highest BCUT2D eigenvalue weighted by atomic mass is 32.2. The monoisotopic (exact) mass is 242 g/mol. The SMILES string of the molecule is CC1CN(C(=O)C2(C)CCNC2)CC(C)S1. The fourth-order valence-corrected chi connectivity index (χ4v) is 4.05. The maximum absolute atomic E-state index is 12.5. The molecule has 0 bridgehead atoms. The third-order valence-electron chi connectivity index (χ3n) is 3.59. The van der Waals surface area contributed by atoms with Crippen LogP contribution in [0.5, 0.6) is 0 Å². The van der Waals surface area contributed by atoms with Gasteiger partial charge in [-0.2, -0.15) is 11.8 Å². The average Bonchev–Trinajstić information content (AvgIpc) is 2.64. The number of hydrogen-bond donors (Lipinski definition) is 1. The summed E-state index contributed by atoms with van der Waals surface area (Å²) in [6.45, 7) is 10.2. The minimum absolute atomic E-state index is 0.151. The van der Waals surface area contributed by atoms with Crippen LogP contribution in [-0.2, 0) is 4.79 Å². The van der Waals surface area contributed by atoms with Crippen LogP contribution in [0.3, 0.4) is 0 Å². The van der Waals surface area contributed by atoms with Crippen molar-refractivity contribution in [2.45, 2.75) is 37.7 Å². The fraction of sp³-hybridized carbons (Fsp3) is 0.917. The third-order valence-corrected chi connectivity index (χ3v) is 4.82. The Kier molecular flexibility index (Phi) is 3.50. The predicted octanol–water partition coefficient (Wildman–Crippen LogP) is 1.34. The molecule has 16 heavy (non-hydrogen) atoms. The van der Waals surface area contributed by atoms with E-state index in [9.17, 15) is 4.79 Å². The lowest BCUT2D eigenvalue weighted by molar-refractivity contribution is -0.140.